The van der Waals surface area contributed by atoms with Crippen LogP contribution in [0.3, 0.4) is 0 Å². The van der Waals surface area contributed by atoms with Gasteiger partial charge in [-0.2, -0.15) is 0 Å². The van der Waals surface area contributed by atoms with Crippen LogP contribution in [0.4, 0.5) is 0 Å². The molecule has 0 unspecified atom stereocenters. The van der Waals surface area contributed by atoms with E-state index in [-0.39, 0.29) is 6.42 Å². The number of rotatable bonds is 4. The fraction of sp³-hybridized carbons (Fsp3) is 0.167. The molecule has 17 heavy (non-hydrogen) atoms. The number of carboxylic acid groups (broad SMARTS) is 1. The largest absolute Gasteiger partial charge is 0.481 e. The summed E-state index contributed by atoms with van der Waals surface area (Å²) in [5, 5.41) is 9.23. The summed E-state index contributed by atoms with van der Waals surface area (Å²) in [7, 11) is 0. The Bertz CT molecular complexity index is 537. The maximum atomic E-state index is 10.4. The van der Waals surface area contributed by atoms with Crippen molar-refractivity contribution in [1.29, 1.82) is 0 Å². The maximum Gasteiger partial charge on any atom is 0.303 e. The van der Waals surface area contributed by atoms with Gasteiger partial charge in [0.15, 0.2) is 0 Å². The van der Waals surface area contributed by atoms with Gasteiger partial charge >= 0.3 is 5.97 Å². The van der Waals surface area contributed by atoms with Crippen LogP contribution in [0.15, 0.2) is 30.5 Å². The van der Waals surface area contributed by atoms with E-state index in [2.05, 4.69) is 9.97 Å². The average molecular weight is 251 g/mol. The van der Waals surface area contributed by atoms with Crippen LogP contribution in [0.2, 0.25) is 5.02 Å². The molecular formula is C12H11ClN2O2. The third-order valence-electron chi connectivity index (χ3n) is 2.34. The molecule has 5 heteroatoms. The molecule has 88 valence electrons. The molecule has 0 radical (unpaired) electrons. The van der Waals surface area contributed by atoms with Gasteiger partial charge in [0.1, 0.15) is 5.82 Å². The lowest BCUT2D eigenvalue weighted by Crippen LogP contribution is -1.98. The van der Waals surface area contributed by atoms with E-state index in [1.54, 1.807) is 12.3 Å². The molecule has 0 aliphatic rings. The average Bonchev–Trinajstić information content (AvgIpc) is 2.75. The molecule has 1 aromatic heterocycles. The highest BCUT2D eigenvalue weighted by Gasteiger charge is 2.05. The van der Waals surface area contributed by atoms with Gasteiger partial charge in [0, 0.05) is 17.0 Å². The normalized spacial score (nSPS) is 10.4. The first-order valence-electron chi connectivity index (χ1n) is 5.17. The number of nitrogens with one attached hydrogen (secondary N) is 1. The number of carbonyl (C=O) groups is 1. The molecule has 0 spiro atoms. The second-order valence-corrected chi connectivity index (χ2v) is 4.08. The highest BCUT2D eigenvalue weighted by Crippen LogP contribution is 2.21. The van der Waals surface area contributed by atoms with E-state index >= 15 is 0 Å². The molecule has 1 aromatic carbocycles. The first-order chi connectivity index (χ1) is 8.15. The molecule has 4 nitrogen and oxygen atoms in total. The number of benzene rings is 1. The molecular weight excluding hydrogens is 240 g/mol. The lowest BCUT2D eigenvalue weighted by atomic mass is 10.2. The number of hydrogen-bond donors (Lipinski definition) is 2. The molecule has 0 aliphatic carbocycles. The van der Waals surface area contributed by atoms with Crippen molar-refractivity contribution < 1.29 is 9.90 Å². The summed E-state index contributed by atoms with van der Waals surface area (Å²) in [5.74, 6) is -0.159. The summed E-state index contributed by atoms with van der Waals surface area (Å²) in [4.78, 5) is 17.6. The standard InChI is InChI=1S/C12H11ClN2O2/c13-9-3-1-2-8(6-9)10-7-14-11(15-10)4-5-12(16)17/h1-3,6-7H,4-5H2,(H,14,15)(H,16,17). The lowest BCUT2D eigenvalue weighted by molar-refractivity contribution is -0.137. The van der Waals surface area contributed by atoms with Crippen LogP contribution in [0.5, 0.6) is 0 Å². The molecule has 0 saturated carbocycles. The third kappa shape index (κ3) is 3.07. The topological polar surface area (TPSA) is 66.0 Å². The van der Waals surface area contributed by atoms with E-state index in [1.807, 2.05) is 18.2 Å². The highest BCUT2D eigenvalue weighted by molar-refractivity contribution is 6.30. The molecule has 0 saturated heterocycles. The predicted molar refractivity (Wildman–Crippen MR) is 65.0 cm³/mol. The number of aromatic amines is 1. The van der Waals surface area contributed by atoms with Crippen molar-refractivity contribution in [3.63, 3.8) is 0 Å². The Hall–Kier alpha value is -1.81. The van der Waals surface area contributed by atoms with Gasteiger partial charge in [-0.1, -0.05) is 23.7 Å². The molecule has 2 aromatic rings. The molecule has 1 heterocycles. The quantitative estimate of drug-likeness (QED) is 0.877. The molecule has 2 rings (SSSR count). The van der Waals surface area contributed by atoms with E-state index in [0.717, 1.165) is 11.3 Å². The van der Waals surface area contributed by atoms with Crippen molar-refractivity contribution in [1.82, 2.24) is 9.97 Å². The van der Waals surface area contributed by atoms with Gasteiger partial charge in [-0.3, -0.25) is 4.79 Å². The zero-order chi connectivity index (χ0) is 12.3. The van der Waals surface area contributed by atoms with Crippen LogP contribution in [0, 0.1) is 0 Å². The number of carboxylic acids is 1. The van der Waals surface area contributed by atoms with Gasteiger partial charge in [0.05, 0.1) is 18.3 Å². The first-order valence-corrected chi connectivity index (χ1v) is 5.54. The minimum Gasteiger partial charge on any atom is -0.481 e. The van der Waals surface area contributed by atoms with Crippen molar-refractivity contribution in [2.45, 2.75) is 12.8 Å². The van der Waals surface area contributed by atoms with Crippen LogP contribution < -0.4 is 0 Å². The maximum absolute atomic E-state index is 10.4. The van der Waals surface area contributed by atoms with E-state index in [9.17, 15) is 4.79 Å². The SMILES string of the molecule is O=C(O)CCc1ncc(-c2cccc(Cl)c2)[nH]1. The van der Waals surface area contributed by atoms with Crippen molar-refractivity contribution in [2.75, 3.05) is 0 Å². The van der Waals surface area contributed by atoms with Crippen molar-refractivity contribution in [3.8, 4) is 11.3 Å². The Balaban J connectivity index is 2.15. The van der Waals surface area contributed by atoms with Gasteiger partial charge in [0.25, 0.3) is 0 Å². The smallest absolute Gasteiger partial charge is 0.303 e. The van der Waals surface area contributed by atoms with Crippen molar-refractivity contribution in [2.24, 2.45) is 0 Å². The zero-order valence-corrected chi connectivity index (χ0v) is 9.74. The highest BCUT2D eigenvalue weighted by atomic mass is 35.5. The number of halogens is 1. The fourth-order valence-corrected chi connectivity index (χ4v) is 1.71. The number of aryl methyl sites for hydroxylation is 1. The Morgan fingerprint density at radius 2 is 2.29 bits per heavy atom. The summed E-state index contributed by atoms with van der Waals surface area (Å²) >= 11 is 5.89. The molecule has 0 bridgehead atoms. The van der Waals surface area contributed by atoms with E-state index in [1.165, 1.54) is 0 Å². The third-order valence-corrected chi connectivity index (χ3v) is 2.57. The Labute approximate surface area is 103 Å². The number of hydrogen-bond acceptors (Lipinski definition) is 2. The number of imidazole rings is 1. The van der Waals surface area contributed by atoms with E-state index in [0.29, 0.717) is 17.3 Å². The van der Waals surface area contributed by atoms with Crippen LogP contribution in [0.1, 0.15) is 12.2 Å². The zero-order valence-electron chi connectivity index (χ0n) is 8.98. The van der Waals surface area contributed by atoms with Gasteiger partial charge in [0.2, 0.25) is 0 Å². The summed E-state index contributed by atoms with van der Waals surface area (Å²) < 4.78 is 0. The van der Waals surface area contributed by atoms with Crippen LogP contribution in [-0.4, -0.2) is 21.0 Å². The van der Waals surface area contributed by atoms with Gasteiger partial charge in [-0.15, -0.1) is 0 Å². The Morgan fingerprint density at radius 3 is 3.00 bits per heavy atom. The minimum atomic E-state index is -0.828. The molecule has 2 N–H and O–H groups in total. The summed E-state index contributed by atoms with van der Waals surface area (Å²) in [6, 6.07) is 7.40. The second-order valence-electron chi connectivity index (χ2n) is 3.65. The fourth-order valence-electron chi connectivity index (χ4n) is 1.52. The lowest BCUT2D eigenvalue weighted by Gasteiger charge is -1.97. The van der Waals surface area contributed by atoms with Gasteiger partial charge in [-0.05, 0) is 12.1 Å². The first kappa shape index (κ1) is 11.7. The molecule has 0 fully saturated rings. The number of nitrogens with zero attached hydrogens (tertiary/aromatic N) is 1. The number of aromatic nitrogens is 2. The van der Waals surface area contributed by atoms with Crippen LogP contribution >= 0.6 is 11.6 Å². The molecule has 0 amide bonds. The van der Waals surface area contributed by atoms with Crippen molar-refractivity contribution in [3.05, 3.63) is 41.3 Å². The Morgan fingerprint density at radius 1 is 1.47 bits per heavy atom. The van der Waals surface area contributed by atoms with Crippen molar-refractivity contribution >= 4 is 17.6 Å². The van der Waals surface area contributed by atoms with E-state index in [4.69, 9.17) is 16.7 Å². The van der Waals surface area contributed by atoms with Gasteiger partial charge in [-0.25, -0.2) is 4.98 Å². The second kappa shape index (κ2) is 5.01. The predicted octanol–water partition coefficient (Wildman–Crippen LogP) is 2.75. The molecule has 0 aliphatic heterocycles. The van der Waals surface area contributed by atoms with E-state index < -0.39 is 5.97 Å². The summed E-state index contributed by atoms with van der Waals surface area (Å²) in [6.45, 7) is 0. The summed E-state index contributed by atoms with van der Waals surface area (Å²) in [6.07, 6.45) is 2.15. The van der Waals surface area contributed by atoms with Crippen LogP contribution in [0.25, 0.3) is 11.3 Å². The number of aliphatic carboxylic acids is 1. The number of H-pyrrole nitrogens is 1. The monoisotopic (exact) mass is 250 g/mol. The van der Waals surface area contributed by atoms with Crippen LogP contribution in [-0.2, 0) is 11.2 Å². The van der Waals surface area contributed by atoms with Gasteiger partial charge < -0.3 is 10.1 Å². The Kier molecular flexibility index (Phi) is 3.44. The summed E-state index contributed by atoms with van der Waals surface area (Å²) in [5.41, 5.74) is 1.78. The molecule has 0 atom stereocenters. The minimum absolute atomic E-state index is 0.0719.